The number of anilines is 4. The van der Waals surface area contributed by atoms with Crippen molar-refractivity contribution in [2.24, 2.45) is 5.14 Å². The molecule has 0 atom stereocenters. The fraction of sp³-hybridized carbons (Fsp3) is 0.0556. The summed E-state index contributed by atoms with van der Waals surface area (Å²) in [6.45, 7) is 0.285. The molecule has 2 aromatic carbocycles. The highest BCUT2D eigenvalue weighted by Crippen LogP contribution is 2.31. The first-order chi connectivity index (χ1) is 13.2. The lowest BCUT2D eigenvalue weighted by molar-refractivity contribution is 0.0697. The van der Waals surface area contributed by atoms with Crippen molar-refractivity contribution in [2.75, 3.05) is 16.4 Å². The second-order valence-electron chi connectivity index (χ2n) is 5.98. The van der Waals surface area contributed by atoms with Crippen LogP contribution in [-0.2, 0) is 16.6 Å². The van der Waals surface area contributed by atoms with E-state index in [0.717, 1.165) is 11.6 Å². The average Bonchev–Trinajstić information content (AvgIpc) is 3.14. The van der Waals surface area contributed by atoms with Gasteiger partial charge in [-0.05, 0) is 42.5 Å². The Balaban J connectivity index is 2.05. The summed E-state index contributed by atoms with van der Waals surface area (Å²) < 4.78 is 29.0. The van der Waals surface area contributed by atoms with E-state index in [1.807, 2.05) is 0 Å². The SMILES string of the molecule is Nc1ccc(Nc2cc(NCc3ccoc3)c(C(=O)O)cc2S(N)(=O)=O)cc1. The Labute approximate surface area is 161 Å². The van der Waals surface area contributed by atoms with Crippen LogP contribution in [-0.4, -0.2) is 19.5 Å². The van der Waals surface area contributed by atoms with Crippen molar-refractivity contribution in [1.29, 1.82) is 0 Å². The molecule has 0 saturated carbocycles. The molecular formula is C18H18N4O5S. The van der Waals surface area contributed by atoms with Gasteiger partial charge in [0.05, 0.1) is 29.5 Å². The molecule has 0 radical (unpaired) electrons. The standard InChI is InChI=1S/C18H18N4O5S/c19-12-1-3-13(4-2-12)22-16-8-15(21-9-11-5-6-27-10-11)14(18(23)24)7-17(16)28(20,25)26/h1-8,10,21-22H,9,19H2,(H,23,24)(H2,20,25,26). The predicted molar refractivity (Wildman–Crippen MR) is 105 cm³/mol. The third-order valence-electron chi connectivity index (χ3n) is 3.91. The molecule has 1 heterocycles. The van der Waals surface area contributed by atoms with E-state index in [1.165, 1.54) is 18.6 Å². The number of carboxylic acids is 1. The zero-order valence-corrected chi connectivity index (χ0v) is 15.4. The molecule has 10 heteroatoms. The maximum absolute atomic E-state index is 12.0. The van der Waals surface area contributed by atoms with Crippen LogP contribution < -0.4 is 21.5 Å². The molecule has 28 heavy (non-hydrogen) atoms. The third-order valence-corrected chi connectivity index (χ3v) is 4.86. The van der Waals surface area contributed by atoms with Crippen LogP contribution in [0, 0.1) is 0 Å². The summed E-state index contributed by atoms with van der Waals surface area (Å²) in [7, 11) is -4.19. The lowest BCUT2D eigenvalue weighted by Gasteiger charge is -2.16. The first-order valence-electron chi connectivity index (χ1n) is 8.05. The van der Waals surface area contributed by atoms with E-state index >= 15 is 0 Å². The quantitative estimate of drug-likeness (QED) is 0.377. The van der Waals surface area contributed by atoms with E-state index in [4.69, 9.17) is 15.3 Å². The molecule has 0 unspecified atom stereocenters. The number of carboxylic acid groups (broad SMARTS) is 1. The second-order valence-corrected chi connectivity index (χ2v) is 7.51. The molecule has 3 aromatic rings. The van der Waals surface area contributed by atoms with E-state index in [1.54, 1.807) is 30.3 Å². The third kappa shape index (κ3) is 4.42. The number of hydrogen-bond donors (Lipinski definition) is 5. The molecule has 9 nitrogen and oxygen atoms in total. The van der Waals surface area contributed by atoms with E-state index in [2.05, 4.69) is 10.6 Å². The normalized spacial score (nSPS) is 11.2. The minimum Gasteiger partial charge on any atom is -0.478 e. The monoisotopic (exact) mass is 402 g/mol. The van der Waals surface area contributed by atoms with Crippen molar-refractivity contribution in [3.8, 4) is 0 Å². The van der Waals surface area contributed by atoms with E-state index in [9.17, 15) is 18.3 Å². The second kappa shape index (κ2) is 7.62. The zero-order chi connectivity index (χ0) is 20.3. The van der Waals surface area contributed by atoms with Crippen molar-refractivity contribution in [3.63, 3.8) is 0 Å². The molecule has 0 aliphatic heterocycles. The lowest BCUT2D eigenvalue weighted by atomic mass is 10.1. The predicted octanol–water partition coefficient (Wildman–Crippen LogP) is 2.56. The van der Waals surface area contributed by atoms with Gasteiger partial charge in [0, 0.05) is 23.5 Å². The van der Waals surface area contributed by atoms with Crippen LogP contribution in [0.15, 0.2) is 64.3 Å². The first kappa shape index (κ1) is 19.3. The van der Waals surface area contributed by atoms with Gasteiger partial charge in [-0.15, -0.1) is 0 Å². The van der Waals surface area contributed by atoms with Gasteiger partial charge in [-0.3, -0.25) is 0 Å². The van der Waals surface area contributed by atoms with Crippen LogP contribution in [0.1, 0.15) is 15.9 Å². The number of benzene rings is 2. The molecule has 0 spiro atoms. The minimum absolute atomic E-state index is 0.131. The highest BCUT2D eigenvalue weighted by molar-refractivity contribution is 7.89. The number of rotatable bonds is 7. The molecule has 3 rings (SSSR count). The van der Waals surface area contributed by atoms with Gasteiger partial charge >= 0.3 is 5.97 Å². The van der Waals surface area contributed by atoms with Crippen molar-refractivity contribution in [2.45, 2.75) is 11.4 Å². The van der Waals surface area contributed by atoms with E-state index < -0.39 is 16.0 Å². The van der Waals surface area contributed by atoms with Crippen molar-refractivity contribution < 1.29 is 22.7 Å². The Kier molecular flexibility index (Phi) is 5.25. The number of nitrogens with one attached hydrogen (secondary N) is 2. The molecule has 146 valence electrons. The topological polar surface area (TPSA) is 161 Å². The highest BCUT2D eigenvalue weighted by Gasteiger charge is 2.21. The van der Waals surface area contributed by atoms with E-state index in [0.29, 0.717) is 11.4 Å². The van der Waals surface area contributed by atoms with Gasteiger partial charge in [0.25, 0.3) is 0 Å². The summed E-state index contributed by atoms with van der Waals surface area (Å²) in [4.78, 5) is 11.3. The fourth-order valence-electron chi connectivity index (χ4n) is 2.55. The van der Waals surface area contributed by atoms with Crippen molar-refractivity contribution in [3.05, 3.63) is 66.1 Å². The number of furan rings is 1. The number of sulfonamides is 1. The molecule has 0 saturated heterocycles. The summed E-state index contributed by atoms with van der Waals surface area (Å²) >= 11 is 0. The molecule has 0 aliphatic carbocycles. The Morgan fingerprint density at radius 3 is 2.39 bits per heavy atom. The largest absolute Gasteiger partial charge is 0.478 e. The van der Waals surface area contributed by atoms with Crippen molar-refractivity contribution in [1.82, 2.24) is 0 Å². The highest BCUT2D eigenvalue weighted by atomic mass is 32.2. The van der Waals surface area contributed by atoms with Crippen LogP contribution in [0.3, 0.4) is 0 Å². The number of hydrogen-bond acceptors (Lipinski definition) is 7. The summed E-state index contributed by atoms with van der Waals surface area (Å²) in [6.07, 6.45) is 3.01. The molecule has 0 amide bonds. The van der Waals surface area contributed by atoms with Crippen molar-refractivity contribution >= 4 is 38.7 Å². The summed E-state index contributed by atoms with van der Waals surface area (Å²) in [5.74, 6) is -1.29. The van der Waals surface area contributed by atoms with Crippen LogP contribution in [0.4, 0.5) is 22.7 Å². The lowest BCUT2D eigenvalue weighted by Crippen LogP contribution is -2.16. The Morgan fingerprint density at radius 2 is 1.82 bits per heavy atom. The molecule has 7 N–H and O–H groups in total. The van der Waals surface area contributed by atoms with Gasteiger partial charge in [-0.1, -0.05) is 0 Å². The van der Waals surface area contributed by atoms with Gasteiger partial charge in [0.1, 0.15) is 4.90 Å². The summed E-state index contributed by atoms with van der Waals surface area (Å²) in [6, 6.07) is 10.7. The van der Waals surface area contributed by atoms with Gasteiger partial charge in [0.15, 0.2) is 0 Å². The molecule has 0 aliphatic rings. The van der Waals surface area contributed by atoms with Gasteiger partial charge in [-0.2, -0.15) is 0 Å². The Hall–Kier alpha value is -3.50. The zero-order valence-electron chi connectivity index (χ0n) is 14.5. The smallest absolute Gasteiger partial charge is 0.337 e. The first-order valence-corrected chi connectivity index (χ1v) is 9.60. The van der Waals surface area contributed by atoms with Gasteiger partial charge in [-0.25, -0.2) is 18.4 Å². The van der Waals surface area contributed by atoms with Crippen LogP contribution in [0.25, 0.3) is 0 Å². The van der Waals surface area contributed by atoms with E-state index in [-0.39, 0.29) is 28.4 Å². The van der Waals surface area contributed by atoms with Crippen LogP contribution >= 0.6 is 0 Å². The molecular weight excluding hydrogens is 384 g/mol. The molecule has 0 fully saturated rings. The number of nitrogens with two attached hydrogens (primary N) is 2. The van der Waals surface area contributed by atoms with Gasteiger partial charge in [0.2, 0.25) is 10.0 Å². The number of nitrogen functional groups attached to an aromatic ring is 1. The average molecular weight is 402 g/mol. The number of primary sulfonamides is 1. The Morgan fingerprint density at radius 1 is 1.11 bits per heavy atom. The number of carbonyl (C=O) groups is 1. The maximum Gasteiger partial charge on any atom is 0.337 e. The minimum atomic E-state index is -4.19. The van der Waals surface area contributed by atoms with Crippen LogP contribution in [0.5, 0.6) is 0 Å². The summed E-state index contributed by atoms with van der Waals surface area (Å²) in [5, 5.41) is 20.7. The Bertz CT molecular complexity index is 1090. The summed E-state index contributed by atoms with van der Waals surface area (Å²) in [5.41, 5.74) is 7.67. The van der Waals surface area contributed by atoms with Crippen LogP contribution in [0.2, 0.25) is 0 Å². The fourth-order valence-corrected chi connectivity index (χ4v) is 3.25. The molecule has 1 aromatic heterocycles. The maximum atomic E-state index is 12.0. The number of aromatic carboxylic acids is 1. The molecule has 0 bridgehead atoms. The van der Waals surface area contributed by atoms with Gasteiger partial charge < -0.3 is 25.9 Å².